The number of imidazole rings is 1. The molecule has 3 atom stereocenters. The Balaban J connectivity index is 1.31. The van der Waals surface area contributed by atoms with Gasteiger partial charge in [0.2, 0.25) is 0 Å². The van der Waals surface area contributed by atoms with E-state index in [2.05, 4.69) is 45.4 Å². The normalized spacial score (nSPS) is 21.5. The van der Waals surface area contributed by atoms with Crippen LogP contribution in [0.5, 0.6) is 5.75 Å². The third-order valence-electron chi connectivity index (χ3n) is 10.0. The fourth-order valence-corrected chi connectivity index (χ4v) is 7.50. The second kappa shape index (κ2) is 9.98. The van der Waals surface area contributed by atoms with Gasteiger partial charge >= 0.3 is 0 Å². The van der Waals surface area contributed by atoms with Gasteiger partial charge in [0.05, 0.1) is 31.1 Å². The summed E-state index contributed by atoms with van der Waals surface area (Å²) in [6.07, 6.45) is 9.55. The molecule has 9 heteroatoms. The second-order valence-electron chi connectivity index (χ2n) is 12.9. The van der Waals surface area contributed by atoms with Crippen LogP contribution in [0.3, 0.4) is 0 Å². The first-order valence-electron chi connectivity index (χ1n) is 15.7. The van der Waals surface area contributed by atoms with Gasteiger partial charge in [-0.15, -0.1) is 0 Å². The molecule has 2 aliphatic carbocycles. The van der Waals surface area contributed by atoms with E-state index in [0.29, 0.717) is 29.7 Å². The standard InChI is InChI=1S/C34H39N7O2/c1-4-20-7-8-23-13-29(39(28(23)11-20)17-21-5-6-21)33-37-26-12-25(34(42)40-19-24-9-10-27(40)31(24)35)14-30(43-3)32(26)41(33)18-22-15-36-38(2)16-22/h7-8,11-16,21,24,27,31H,4-6,9-10,17-19,35H2,1-3H3. The van der Waals surface area contributed by atoms with Crippen LogP contribution in [0.15, 0.2) is 48.8 Å². The van der Waals surface area contributed by atoms with Crippen molar-refractivity contribution >= 4 is 27.8 Å². The monoisotopic (exact) mass is 577 g/mol. The Morgan fingerprint density at radius 1 is 1.07 bits per heavy atom. The lowest BCUT2D eigenvalue weighted by Crippen LogP contribution is -2.41. The van der Waals surface area contributed by atoms with E-state index in [1.165, 1.54) is 29.3 Å². The van der Waals surface area contributed by atoms with Crippen molar-refractivity contribution in [2.75, 3.05) is 13.7 Å². The van der Waals surface area contributed by atoms with E-state index in [9.17, 15) is 4.79 Å². The number of methoxy groups -OCH3 is 1. The van der Waals surface area contributed by atoms with Crippen LogP contribution in [0.25, 0.3) is 33.5 Å². The van der Waals surface area contributed by atoms with Gasteiger partial charge in [0.15, 0.2) is 5.82 Å². The number of piperidine rings is 1. The summed E-state index contributed by atoms with van der Waals surface area (Å²) in [5.41, 5.74) is 13.5. The smallest absolute Gasteiger partial charge is 0.254 e. The van der Waals surface area contributed by atoms with E-state index in [-0.39, 0.29) is 18.0 Å². The van der Waals surface area contributed by atoms with Gasteiger partial charge in [0.25, 0.3) is 5.91 Å². The Bertz CT molecular complexity index is 1880. The largest absolute Gasteiger partial charge is 0.494 e. The van der Waals surface area contributed by atoms with Gasteiger partial charge in [0, 0.05) is 60.4 Å². The van der Waals surface area contributed by atoms with Crippen LogP contribution in [0.1, 0.15) is 54.1 Å². The predicted octanol–water partition coefficient (Wildman–Crippen LogP) is 4.98. The summed E-state index contributed by atoms with van der Waals surface area (Å²) in [6, 6.07) is 13.1. The molecule has 1 amide bonds. The first-order chi connectivity index (χ1) is 20.9. The molecule has 1 saturated heterocycles. The Labute approximate surface area is 251 Å². The quantitative estimate of drug-likeness (QED) is 0.281. The molecule has 3 fully saturated rings. The van der Waals surface area contributed by atoms with Crippen molar-refractivity contribution < 1.29 is 9.53 Å². The summed E-state index contributed by atoms with van der Waals surface area (Å²) in [4.78, 5) is 21.1. The number of rotatable bonds is 8. The molecule has 222 valence electrons. The molecule has 5 aromatic rings. The topological polar surface area (TPSA) is 96.1 Å². The summed E-state index contributed by atoms with van der Waals surface area (Å²) < 4.78 is 12.5. The summed E-state index contributed by atoms with van der Waals surface area (Å²) in [5, 5.41) is 5.65. The fraction of sp³-hybridized carbons (Fsp3) is 0.441. The number of carbonyl (C=O) groups is 1. The zero-order valence-corrected chi connectivity index (χ0v) is 25.2. The average molecular weight is 578 g/mol. The minimum absolute atomic E-state index is 0.0150. The molecular weight excluding hydrogens is 538 g/mol. The summed E-state index contributed by atoms with van der Waals surface area (Å²) in [7, 11) is 3.61. The lowest BCUT2D eigenvalue weighted by atomic mass is 10.1. The number of nitrogens with two attached hydrogens (primary N) is 1. The Morgan fingerprint density at radius 2 is 1.93 bits per heavy atom. The summed E-state index contributed by atoms with van der Waals surface area (Å²) in [6.45, 7) is 4.49. The molecule has 0 spiro atoms. The number of ether oxygens (including phenoxy) is 1. The summed E-state index contributed by atoms with van der Waals surface area (Å²) >= 11 is 0. The van der Waals surface area contributed by atoms with Crippen molar-refractivity contribution in [3.8, 4) is 17.3 Å². The first-order valence-corrected chi connectivity index (χ1v) is 15.7. The maximum Gasteiger partial charge on any atom is 0.254 e. The van der Waals surface area contributed by atoms with Gasteiger partial charge in [-0.2, -0.15) is 5.10 Å². The van der Waals surface area contributed by atoms with E-state index in [1.54, 1.807) is 7.11 Å². The third kappa shape index (κ3) is 4.35. The molecule has 3 unspecified atom stereocenters. The van der Waals surface area contributed by atoms with Crippen molar-refractivity contribution in [3.63, 3.8) is 0 Å². The van der Waals surface area contributed by atoms with Crippen molar-refractivity contribution in [2.45, 2.75) is 64.2 Å². The minimum Gasteiger partial charge on any atom is -0.494 e. The average Bonchev–Trinajstić information content (AvgIpc) is 3.27. The van der Waals surface area contributed by atoms with Gasteiger partial charge in [0.1, 0.15) is 11.3 Å². The van der Waals surface area contributed by atoms with Gasteiger partial charge in [-0.3, -0.25) is 9.48 Å². The van der Waals surface area contributed by atoms with Gasteiger partial charge < -0.3 is 24.5 Å². The maximum atomic E-state index is 13.9. The molecule has 1 aliphatic heterocycles. The molecule has 2 N–H and O–H groups in total. The van der Waals surface area contributed by atoms with Crippen molar-refractivity contribution in [1.29, 1.82) is 0 Å². The van der Waals surface area contributed by atoms with E-state index < -0.39 is 0 Å². The number of likely N-dealkylation sites (tertiary alicyclic amines) is 1. The lowest BCUT2D eigenvalue weighted by Gasteiger charge is -2.27. The summed E-state index contributed by atoms with van der Waals surface area (Å²) in [5.74, 6) is 2.62. The van der Waals surface area contributed by atoms with Crippen LogP contribution in [-0.2, 0) is 26.6 Å². The van der Waals surface area contributed by atoms with Crippen LogP contribution >= 0.6 is 0 Å². The molecule has 3 aromatic heterocycles. The zero-order valence-electron chi connectivity index (χ0n) is 25.2. The number of hydrogen-bond donors (Lipinski definition) is 1. The van der Waals surface area contributed by atoms with E-state index in [0.717, 1.165) is 60.5 Å². The number of aromatic nitrogens is 5. The number of hydrogen-bond acceptors (Lipinski definition) is 5. The van der Waals surface area contributed by atoms with Crippen LogP contribution in [0.4, 0.5) is 0 Å². The molecule has 43 heavy (non-hydrogen) atoms. The predicted molar refractivity (Wildman–Crippen MR) is 167 cm³/mol. The molecule has 0 radical (unpaired) electrons. The maximum absolute atomic E-state index is 13.9. The number of fused-ring (bicyclic) bond motifs is 4. The Morgan fingerprint density at radius 3 is 2.60 bits per heavy atom. The number of benzene rings is 2. The highest BCUT2D eigenvalue weighted by molar-refractivity contribution is 6.00. The van der Waals surface area contributed by atoms with Crippen molar-refractivity contribution in [1.82, 2.24) is 28.8 Å². The highest BCUT2D eigenvalue weighted by Gasteiger charge is 2.47. The Hall–Kier alpha value is -4.11. The molecule has 8 rings (SSSR count). The molecule has 2 bridgehead atoms. The molecule has 9 nitrogen and oxygen atoms in total. The minimum atomic E-state index is 0.0150. The van der Waals surface area contributed by atoms with Crippen LogP contribution in [0, 0.1) is 11.8 Å². The van der Waals surface area contributed by atoms with E-state index in [4.69, 9.17) is 15.5 Å². The highest BCUT2D eigenvalue weighted by atomic mass is 16.5. The van der Waals surface area contributed by atoms with Gasteiger partial charge in [-0.05, 0) is 73.8 Å². The Kier molecular flexibility index (Phi) is 6.15. The SMILES string of the molecule is CCc1ccc2cc(-c3nc4cc(C(=O)N5CC6CCC5C6N)cc(OC)c4n3Cc3cnn(C)c3)n(CC3CC3)c2c1. The molecule has 2 saturated carbocycles. The molecule has 4 heterocycles. The number of amides is 1. The second-order valence-corrected chi connectivity index (χ2v) is 12.9. The number of nitrogens with zero attached hydrogens (tertiary/aromatic N) is 6. The van der Waals surface area contributed by atoms with Crippen LogP contribution in [0.2, 0.25) is 0 Å². The van der Waals surface area contributed by atoms with Crippen molar-refractivity contribution in [3.05, 3.63) is 65.5 Å². The number of carbonyl (C=O) groups excluding carboxylic acids is 1. The highest BCUT2D eigenvalue weighted by Crippen LogP contribution is 2.41. The van der Waals surface area contributed by atoms with Gasteiger partial charge in [-0.1, -0.05) is 19.1 Å². The fourth-order valence-electron chi connectivity index (χ4n) is 7.50. The third-order valence-corrected chi connectivity index (χ3v) is 10.0. The van der Waals surface area contributed by atoms with Gasteiger partial charge in [-0.25, -0.2) is 4.98 Å². The van der Waals surface area contributed by atoms with E-state index >= 15 is 0 Å². The molecular formula is C34H39N7O2. The van der Waals surface area contributed by atoms with Crippen molar-refractivity contribution in [2.24, 2.45) is 24.6 Å². The van der Waals surface area contributed by atoms with E-state index in [1.807, 2.05) is 41.2 Å². The van der Waals surface area contributed by atoms with Crippen LogP contribution < -0.4 is 10.5 Å². The molecule has 2 aromatic carbocycles. The number of aryl methyl sites for hydroxylation is 2. The molecule has 3 aliphatic rings. The zero-order chi connectivity index (χ0) is 29.4. The first kappa shape index (κ1) is 26.5. The van der Waals surface area contributed by atoms with Crippen LogP contribution in [-0.4, -0.2) is 60.4 Å². The lowest BCUT2D eigenvalue weighted by molar-refractivity contribution is 0.0700.